The Morgan fingerprint density at radius 2 is 2.12 bits per heavy atom. The van der Waals surface area contributed by atoms with E-state index >= 15 is 0 Å². The van der Waals surface area contributed by atoms with Crippen LogP contribution in [-0.2, 0) is 9.84 Å². The molecule has 2 N–H and O–H groups in total. The zero-order chi connectivity index (χ0) is 11.8. The second kappa shape index (κ2) is 3.84. The van der Waals surface area contributed by atoms with Crippen LogP contribution in [0, 0.1) is 0 Å². The number of rotatable bonds is 2. The first kappa shape index (κ1) is 11.0. The van der Waals surface area contributed by atoms with Crippen LogP contribution in [0.1, 0.15) is 0 Å². The number of sulfone groups is 1. The van der Waals surface area contributed by atoms with Gasteiger partial charge >= 0.3 is 0 Å². The third-order valence-corrected chi connectivity index (χ3v) is 3.57. The number of thiophene rings is 1. The van der Waals surface area contributed by atoms with Gasteiger partial charge in [-0.3, -0.25) is 0 Å². The molecule has 0 aliphatic carbocycles. The second-order valence-corrected chi connectivity index (χ2v) is 6.07. The molecule has 2 aromatic rings. The lowest BCUT2D eigenvalue weighted by atomic mass is 10.3. The van der Waals surface area contributed by atoms with E-state index in [9.17, 15) is 8.42 Å². The molecule has 0 fully saturated rings. The summed E-state index contributed by atoms with van der Waals surface area (Å²) in [6.45, 7) is 0. The van der Waals surface area contributed by atoms with Gasteiger partial charge in [0, 0.05) is 12.3 Å². The van der Waals surface area contributed by atoms with Crippen molar-refractivity contribution in [2.75, 3.05) is 12.0 Å². The van der Waals surface area contributed by atoms with Gasteiger partial charge < -0.3 is 5.73 Å². The minimum absolute atomic E-state index is 0.152. The second-order valence-electron chi connectivity index (χ2n) is 3.21. The molecule has 0 saturated carbocycles. The smallest absolute Gasteiger partial charge is 0.249 e. The van der Waals surface area contributed by atoms with Crippen LogP contribution in [0.5, 0.6) is 0 Å². The van der Waals surface area contributed by atoms with E-state index in [1.807, 2.05) is 17.5 Å². The van der Waals surface area contributed by atoms with Crippen molar-refractivity contribution in [3.05, 3.63) is 23.6 Å². The average Bonchev–Trinajstić information content (AvgIpc) is 2.68. The first-order chi connectivity index (χ1) is 7.47. The summed E-state index contributed by atoms with van der Waals surface area (Å²) in [6.07, 6.45) is 1.06. The molecule has 0 aliphatic heterocycles. The van der Waals surface area contributed by atoms with E-state index in [1.165, 1.54) is 11.3 Å². The topological polar surface area (TPSA) is 85.9 Å². The fourth-order valence-corrected chi connectivity index (χ4v) is 2.38. The van der Waals surface area contributed by atoms with Gasteiger partial charge in [-0.05, 0) is 11.4 Å². The number of anilines is 1. The standard InChI is InChI=1S/C9H9N3O2S2/c1-16(13,14)9-11-6(5-8(10)12-9)7-3-2-4-15-7/h2-5H,1H3,(H2,10,11,12). The van der Waals surface area contributed by atoms with Crippen molar-refractivity contribution in [3.63, 3.8) is 0 Å². The van der Waals surface area contributed by atoms with E-state index in [2.05, 4.69) is 9.97 Å². The Hall–Kier alpha value is -1.47. The molecule has 0 spiro atoms. The summed E-state index contributed by atoms with van der Waals surface area (Å²) >= 11 is 1.46. The summed E-state index contributed by atoms with van der Waals surface area (Å²) in [4.78, 5) is 8.54. The predicted octanol–water partition coefficient (Wildman–Crippen LogP) is 1.19. The van der Waals surface area contributed by atoms with Crippen LogP contribution < -0.4 is 5.73 Å². The van der Waals surface area contributed by atoms with Crippen molar-refractivity contribution in [3.8, 4) is 10.6 Å². The Morgan fingerprint density at radius 1 is 1.38 bits per heavy atom. The zero-order valence-electron chi connectivity index (χ0n) is 8.41. The Bertz CT molecular complexity index is 606. The molecular weight excluding hydrogens is 246 g/mol. The molecule has 7 heteroatoms. The minimum Gasteiger partial charge on any atom is -0.384 e. The molecule has 16 heavy (non-hydrogen) atoms. The molecule has 2 rings (SSSR count). The molecule has 0 atom stereocenters. The van der Waals surface area contributed by atoms with Crippen LogP contribution in [0.4, 0.5) is 5.82 Å². The lowest BCUT2D eigenvalue weighted by molar-refractivity contribution is 0.593. The summed E-state index contributed by atoms with van der Waals surface area (Å²) in [6, 6.07) is 5.26. The van der Waals surface area contributed by atoms with E-state index < -0.39 is 9.84 Å². The van der Waals surface area contributed by atoms with Crippen LogP contribution in [0.2, 0.25) is 0 Å². The normalized spacial score (nSPS) is 11.6. The predicted molar refractivity (Wildman–Crippen MR) is 62.9 cm³/mol. The van der Waals surface area contributed by atoms with E-state index in [1.54, 1.807) is 6.07 Å². The van der Waals surface area contributed by atoms with Crippen molar-refractivity contribution < 1.29 is 8.42 Å². The largest absolute Gasteiger partial charge is 0.384 e. The van der Waals surface area contributed by atoms with Gasteiger partial charge in [-0.15, -0.1) is 11.3 Å². The van der Waals surface area contributed by atoms with Gasteiger partial charge in [0.05, 0.1) is 10.6 Å². The fourth-order valence-electron chi connectivity index (χ4n) is 1.16. The minimum atomic E-state index is -3.44. The number of hydrogen-bond acceptors (Lipinski definition) is 6. The van der Waals surface area contributed by atoms with Crippen LogP contribution in [0.15, 0.2) is 28.7 Å². The third kappa shape index (κ3) is 2.20. The molecule has 5 nitrogen and oxygen atoms in total. The SMILES string of the molecule is CS(=O)(=O)c1nc(N)cc(-c2cccs2)n1. The molecule has 84 valence electrons. The van der Waals surface area contributed by atoms with E-state index in [0.717, 1.165) is 11.1 Å². The van der Waals surface area contributed by atoms with Gasteiger partial charge in [-0.1, -0.05) is 6.07 Å². The maximum absolute atomic E-state index is 11.3. The average molecular weight is 255 g/mol. The number of hydrogen-bond donors (Lipinski definition) is 1. The van der Waals surface area contributed by atoms with Crippen molar-refractivity contribution in [1.82, 2.24) is 9.97 Å². The van der Waals surface area contributed by atoms with Crippen molar-refractivity contribution in [1.29, 1.82) is 0 Å². The summed E-state index contributed by atoms with van der Waals surface area (Å²) in [7, 11) is -3.44. The lowest BCUT2D eigenvalue weighted by Crippen LogP contribution is -2.06. The van der Waals surface area contributed by atoms with Gasteiger partial charge in [-0.2, -0.15) is 0 Å². The number of nitrogens with two attached hydrogens (primary N) is 1. The molecule has 0 aliphatic rings. The summed E-state index contributed by atoms with van der Waals surface area (Å²) in [5, 5.41) is 1.64. The van der Waals surface area contributed by atoms with Gasteiger partial charge in [0.1, 0.15) is 5.82 Å². The van der Waals surface area contributed by atoms with Gasteiger partial charge in [-0.25, -0.2) is 18.4 Å². The Balaban J connectivity index is 2.62. The van der Waals surface area contributed by atoms with Crippen molar-refractivity contribution >= 4 is 27.0 Å². The van der Waals surface area contributed by atoms with Gasteiger partial charge in [0.25, 0.3) is 0 Å². The van der Waals surface area contributed by atoms with Crippen molar-refractivity contribution in [2.45, 2.75) is 5.16 Å². The van der Waals surface area contributed by atoms with Crippen LogP contribution in [0.3, 0.4) is 0 Å². The third-order valence-electron chi connectivity index (χ3n) is 1.83. The maximum atomic E-state index is 11.3. The highest BCUT2D eigenvalue weighted by Crippen LogP contribution is 2.24. The molecule has 0 saturated heterocycles. The lowest BCUT2D eigenvalue weighted by Gasteiger charge is -2.02. The number of nitrogens with zero attached hydrogens (tertiary/aromatic N) is 2. The monoisotopic (exact) mass is 255 g/mol. The molecule has 0 unspecified atom stereocenters. The highest BCUT2D eigenvalue weighted by atomic mass is 32.2. The molecule has 2 heterocycles. The van der Waals surface area contributed by atoms with Crippen LogP contribution in [0.25, 0.3) is 10.6 Å². The number of aromatic nitrogens is 2. The Kier molecular flexibility index (Phi) is 2.64. The maximum Gasteiger partial charge on any atom is 0.249 e. The van der Waals surface area contributed by atoms with E-state index in [4.69, 9.17) is 5.73 Å². The molecule has 2 aromatic heterocycles. The quantitative estimate of drug-likeness (QED) is 0.815. The highest BCUT2D eigenvalue weighted by molar-refractivity contribution is 7.90. The molecule has 0 amide bonds. The molecular formula is C9H9N3O2S2. The first-order valence-electron chi connectivity index (χ1n) is 4.35. The summed E-state index contributed by atoms with van der Waals surface area (Å²) in [5.41, 5.74) is 6.08. The van der Waals surface area contributed by atoms with Gasteiger partial charge in [0.2, 0.25) is 15.0 Å². The summed E-state index contributed by atoms with van der Waals surface area (Å²) < 4.78 is 22.7. The zero-order valence-corrected chi connectivity index (χ0v) is 10.0. The molecule has 0 bridgehead atoms. The van der Waals surface area contributed by atoms with Crippen LogP contribution >= 0.6 is 11.3 Å². The van der Waals surface area contributed by atoms with Crippen molar-refractivity contribution in [2.24, 2.45) is 0 Å². The van der Waals surface area contributed by atoms with Gasteiger partial charge in [0.15, 0.2) is 0 Å². The van der Waals surface area contributed by atoms with E-state index in [-0.39, 0.29) is 11.0 Å². The first-order valence-corrected chi connectivity index (χ1v) is 7.12. The summed E-state index contributed by atoms with van der Waals surface area (Å²) in [5.74, 6) is 0.152. The molecule has 0 aromatic carbocycles. The van der Waals surface area contributed by atoms with E-state index in [0.29, 0.717) is 5.69 Å². The fraction of sp³-hybridized carbons (Fsp3) is 0.111. The Morgan fingerprint density at radius 3 is 2.69 bits per heavy atom. The molecule has 0 radical (unpaired) electrons. The Labute approximate surface area is 96.9 Å². The highest BCUT2D eigenvalue weighted by Gasteiger charge is 2.14. The van der Waals surface area contributed by atoms with Crippen LogP contribution in [-0.4, -0.2) is 24.6 Å². The number of nitrogen functional groups attached to an aromatic ring is 1.